The zero-order valence-corrected chi connectivity index (χ0v) is 56.8. The maximum absolute atomic E-state index is 14.3. The molecule has 0 aromatic heterocycles. The van der Waals surface area contributed by atoms with E-state index in [4.69, 9.17) is 73.7 Å². The molecule has 0 bridgehead atoms. The maximum Gasteiger partial charge on any atom is 0.144 e. The van der Waals surface area contributed by atoms with Crippen LogP contribution in [0, 0.1) is 255 Å². The van der Waals surface area contributed by atoms with Crippen molar-refractivity contribution in [2.45, 2.75) is 146 Å². The van der Waals surface area contributed by atoms with Crippen molar-refractivity contribution in [1.82, 2.24) is 0 Å². The molecule has 0 spiro atoms. The summed E-state index contributed by atoms with van der Waals surface area (Å²) in [6.07, 6.45) is 5.18. The van der Waals surface area contributed by atoms with E-state index in [0.29, 0.717) is 100 Å². The number of rotatable bonds is 2. The van der Waals surface area contributed by atoms with Gasteiger partial charge in [-0.15, -0.1) is 0 Å². The molecule has 1 aliphatic rings. The van der Waals surface area contributed by atoms with Gasteiger partial charge in [-0.3, -0.25) is 0 Å². The molecule has 21 heteroatoms. The Kier molecular flexibility index (Phi) is 30.7. The molecule has 0 unspecified atom stereocenters. The van der Waals surface area contributed by atoms with Crippen LogP contribution < -0.4 is 0 Å². The number of benzene rings is 7. The van der Waals surface area contributed by atoms with Crippen molar-refractivity contribution >= 4 is 0 Å². The summed E-state index contributed by atoms with van der Waals surface area (Å²) in [7, 11) is 0. The molecule has 494 valence electrons. The second-order valence-corrected chi connectivity index (χ2v) is 24.0. The van der Waals surface area contributed by atoms with Crippen LogP contribution in [0.3, 0.4) is 0 Å². The number of nitrogens with zero attached hydrogens (tertiary/aromatic N) is 14. The number of nitriles is 14. The number of aryl methyl sites for hydroxylation is 2. The molecule has 1 fully saturated rings. The Morgan fingerprint density at radius 2 is 0.697 bits per heavy atom. The predicted molar refractivity (Wildman–Crippen MR) is 352 cm³/mol. The van der Waals surface area contributed by atoms with Gasteiger partial charge in [0.05, 0.1) is 120 Å². The average molecular weight is 1330 g/mol. The Hall–Kier alpha value is -13.1. The molecule has 99 heavy (non-hydrogen) atoms. The lowest BCUT2D eigenvalue weighted by Crippen LogP contribution is -2.26. The molecule has 1 saturated carbocycles. The van der Waals surface area contributed by atoms with Crippen LogP contribution in [0.4, 0.5) is 30.7 Å². The van der Waals surface area contributed by atoms with E-state index in [9.17, 15) is 30.7 Å². The van der Waals surface area contributed by atoms with E-state index in [1.54, 1.807) is 84.0 Å². The van der Waals surface area contributed by atoms with Crippen LogP contribution in [0.5, 0.6) is 0 Å². The number of halogens is 7. The van der Waals surface area contributed by atoms with Crippen LogP contribution in [-0.4, -0.2) is 0 Å². The fraction of sp³-hybridized carbons (Fsp3) is 0.282. The first-order valence-electron chi connectivity index (χ1n) is 29.9. The largest absolute Gasteiger partial charge is 0.205 e. The van der Waals surface area contributed by atoms with Crippen LogP contribution in [-0.2, 0) is 10.8 Å². The summed E-state index contributed by atoms with van der Waals surface area (Å²) in [6, 6.07) is 39.6. The van der Waals surface area contributed by atoms with Gasteiger partial charge in [0.15, 0.2) is 0 Å². The summed E-state index contributed by atoms with van der Waals surface area (Å²) in [4.78, 5) is 0. The standard InChI is InChI=1S/C15H15FN2.C12H11FN2.2C11H9FN2.2C10H7FN2.C9H5FN2/c1-15(5-3-2-4-6-15)13-8-11(9-17)7-12(10-18)14(13)16;1-12(2,3)10-5-8(6-14)4-9(7-15)11(10)13;1-7(2)10-4-8(5-13)3-9(6-14)11(10)12;1-6-7(2)11(12)10(5-14)8(3)9(6)4-13;1-6-7(2)10(11)9(5-13)3-8(6)4-12;1-6-3-8(4-12)7(2)9(5-13)10(6)11;1-6-2-7(4-11)3-8(5-12)9(6)10/h7-8H,2-6H2,1H3;4-5H,1-3H3;3-4,7H,1-2H3;1-3H3;2*3H,1-2H3;2-3H,1H3. The van der Waals surface area contributed by atoms with Crippen molar-refractivity contribution in [3.63, 3.8) is 0 Å². The van der Waals surface area contributed by atoms with Gasteiger partial charge in [-0.2, -0.15) is 73.7 Å². The highest BCUT2D eigenvalue weighted by Gasteiger charge is 2.33. The van der Waals surface area contributed by atoms with Crippen molar-refractivity contribution in [3.05, 3.63) is 240 Å². The number of hydrogen-bond acceptors (Lipinski definition) is 14. The molecule has 8 rings (SSSR count). The fourth-order valence-corrected chi connectivity index (χ4v) is 9.88. The Morgan fingerprint density at radius 1 is 0.323 bits per heavy atom. The second kappa shape index (κ2) is 37.1. The Morgan fingerprint density at radius 3 is 1.13 bits per heavy atom. The summed E-state index contributed by atoms with van der Waals surface area (Å²) in [5.41, 5.74) is 6.25. The van der Waals surface area contributed by atoms with E-state index >= 15 is 0 Å². The smallest absolute Gasteiger partial charge is 0.144 e. The van der Waals surface area contributed by atoms with Gasteiger partial charge in [-0.25, -0.2) is 30.7 Å². The van der Waals surface area contributed by atoms with Gasteiger partial charge in [0.2, 0.25) is 0 Å². The van der Waals surface area contributed by atoms with E-state index in [1.807, 2.05) is 90.1 Å². The van der Waals surface area contributed by atoms with Crippen molar-refractivity contribution < 1.29 is 30.7 Å². The molecule has 0 N–H and O–H groups in total. The summed E-state index contributed by atoms with van der Waals surface area (Å²) in [6.45, 7) is 23.9. The quantitative estimate of drug-likeness (QED) is 0.145. The van der Waals surface area contributed by atoms with E-state index in [-0.39, 0.29) is 50.3 Å². The molecule has 0 heterocycles. The summed E-state index contributed by atoms with van der Waals surface area (Å²) in [5.74, 6) is -3.63. The highest BCUT2D eigenvalue weighted by Crippen LogP contribution is 2.41. The summed E-state index contributed by atoms with van der Waals surface area (Å²) in [5, 5.41) is 122. The molecule has 0 radical (unpaired) electrons. The van der Waals surface area contributed by atoms with Gasteiger partial charge in [0.1, 0.15) is 83.2 Å². The Labute approximate surface area is 573 Å². The molecular weight excluding hydrogens is 1270 g/mol. The van der Waals surface area contributed by atoms with Crippen LogP contribution in [0.1, 0.15) is 219 Å². The lowest BCUT2D eigenvalue weighted by Gasteiger charge is -2.34. The van der Waals surface area contributed by atoms with Gasteiger partial charge >= 0.3 is 0 Å². The topological polar surface area (TPSA) is 333 Å². The minimum atomic E-state index is -0.545. The molecule has 0 atom stereocenters. The lowest BCUT2D eigenvalue weighted by atomic mass is 9.70. The number of hydrogen-bond donors (Lipinski definition) is 0. The predicted octanol–water partition coefficient (Wildman–Crippen LogP) is 18.1. The van der Waals surface area contributed by atoms with E-state index < -0.39 is 46.1 Å². The van der Waals surface area contributed by atoms with Crippen LogP contribution in [0.2, 0.25) is 0 Å². The minimum absolute atomic E-state index is 0.0177. The zero-order chi connectivity index (χ0) is 75.6. The van der Waals surface area contributed by atoms with E-state index in [2.05, 4.69) is 0 Å². The molecule has 0 saturated heterocycles. The zero-order valence-electron chi connectivity index (χ0n) is 56.8. The summed E-state index contributed by atoms with van der Waals surface area (Å²) >= 11 is 0. The highest BCUT2D eigenvalue weighted by molar-refractivity contribution is 5.56. The SMILES string of the molecule is CC(C)(C)c1cc(C#N)cc(C#N)c1F.CC(C)c1cc(C#N)cc(C#N)c1F.CC1(c2cc(C#N)cc(C#N)c2F)CCCCC1.Cc1c(C#N)cc(C#N)c(F)c1C.Cc1c(C)c(C#N)c(C)c(C#N)c1F.Cc1cc(C#N)c(C)c(C#N)c1F.Cc1cc(C#N)cc(C#N)c1F. The monoisotopic (exact) mass is 1330 g/mol. The minimum Gasteiger partial charge on any atom is -0.205 e. The second-order valence-electron chi connectivity index (χ2n) is 24.0. The van der Waals surface area contributed by atoms with Crippen molar-refractivity contribution in [3.8, 4) is 85.0 Å². The molecule has 7 aromatic carbocycles. The van der Waals surface area contributed by atoms with Gasteiger partial charge in [0, 0.05) is 0 Å². The van der Waals surface area contributed by atoms with Gasteiger partial charge < -0.3 is 0 Å². The third-order valence-electron chi connectivity index (χ3n) is 16.0. The third-order valence-corrected chi connectivity index (χ3v) is 16.0. The van der Waals surface area contributed by atoms with Crippen molar-refractivity contribution in [1.29, 1.82) is 73.7 Å². The van der Waals surface area contributed by atoms with Crippen LogP contribution in [0.15, 0.2) is 60.7 Å². The van der Waals surface area contributed by atoms with Crippen molar-refractivity contribution in [2.75, 3.05) is 0 Å². The molecule has 7 aromatic rings. The molecular formula is C78H63F7N14. The first kappa shape index (κ1) is 82.0. The first-order chi connectivity index (χ1) is 46.5. The van der Waals surface area contributed by atoms with E-state index in [0.717, 1.165) is 25.7 Å². The first-order valence-corrected chi connectivity index (χ1v) is 29.9. The third kappa shape index (κ3) is 20.5. The lowest BCUT2D eigenvalue weighted by molar-refractivity contribution is 0.309. The van der Waals surface area contributed by atoms with Crippen molar-refractivity contribution in [2.24, 2.45) is 0 Å². The fourth-order valence-electron chi connectivity index (χ4n) is 9.88. The van der Waals surface area contributed by atoms with Gasteiger partial charge in [-0.05, 0) is 207 Å². The van der Waals surface area contributed by atoms with Crippen LogP contribution >= 0.6 is 0 Å². The molecule has 14 nitrogen and oxygen atoms in total. The molecule has 0 amide bonds. The van der Waals surface area contributed by atoms with Gasteiger partial charge in [0.25, 0.3) is 0 Å². The average Bonchev–Trinajstić information content (AvgIpc) is 0.786. The Bertz CT molecular complexity index is 4840. The maximum atomic E-state index is 14.3. The van der Waals surface area contributed by atoms with Crippen LogP contribution in [0.25, 0.3) is 0 Å². The van der Waals surface area contributed by atoms with E-state index in [1.165, 1.54) is 74.9 Å². The van der Waals surface area contributed by atoms with Gasteiger partial charge in [-0.1, -0.05) is 60.8 Å². The molecule has 1 aliphatic carbocycles. The highest BCUT2D eigenvalue weighted by atomic mass is 19.2. The normalized spacial score (nSPS) is 10.9. The Balaban J connectivity index is 0.000000394. The molecule has 0 aliphatic heterocycles. The summed E-state index contributed by atoms with van der Waals surface area (Å²) < 4.78 is 94.5.